The molecular weight excluding hydrogens is 547 g/mol. The largest absolute Gasteiger partial charge is 0.445 e. The molecule has 0 amide bonds. The molecule has 0 aromatic heterocycles. The van der Waals surface area contributed by atoms with Crippen LogP contribution in [0.5, 0.6) is 0 Å². The zero-order chi connectivity index (χ0) is 27.7. The van der Waals surface area contributed by atoms with E-state index in [1.807, 2.05) is 0 Å². The molecule has 0 rings (SSSR count). The normalized spacial score (nSPS) is 17.3. The van der Waals surface area contributed by atoms with Gasteiger partial charge in [-0.05, 0) is 0 Å². The van der Waals surface area contributed by atoms with Crippen molar-refractivity contribution in [2.45, 2.75) is 53.7 Å². The van der Waals surface area contributed by atoms with E-state index in [1.54, 1.807) is 0 Å². The lowest BCUT2D eigenvalue weighted by atomic mass is 9.88. The van der Waals surface area contributed by atoms with Gasteiger partial charge in [-0.15, -0.1) is 0 Å². The Bertz CT molecular complexity index is 764. The zero-order valence-electron chi connectivity index (χ0n) is 13.9. The van der Waals surface area contributed by atoms with Gasteiger partial charge in [0.2, 0.25) is 11.7 Å². The summed E-state index contributed by atoms with van der Waals surface area (Å²) in [5.74, 6) is -71.4. The molecule has 33 heavy (non-hydrogen) atoms. The van der Waals surface area contributed by atoms with E-state index in [4.69, 9.17) is 5.11 Å². The Kier molecular flexibility index (Phi) is 7.21. The van der Waals surface area contributed by atoms with Crippen LogP contribution in [0.3, 0.4) is 0 Å². The van der Waals surface area contributed by atoms with E-state index in [-0.39, 0.29) is 0 Å². The molecule has 0 saturated carbocycles. The third kappa shape index (κ3) is 4.04. The highest BCUT2D eigenvalue weighted by atomic mass is 19.4. The summed E-state index contributed by atoms with van der Waals surface area (Å²) in [7, 11) is 0. The summed E-state index contributed by atoms with van der Waals surface area (Å²) in [6, 6.07) is 0. The fourth-order valence-corrected chi connectivity index (χ4v) is 1.57. The highest BCUT2D eigenvalue weighted by molar-refractivity contribution is 5.23. The van der Waals surface area contributed by atoms with Crippen LogP contribution in [0.4, 0.5) is 92.2 Å². The van der Waals surface area contributed by atoms with Crippen LogP contribution in [0, 0.1) is 0 Å². The van der Waals surface area contributed by atoms with Crippen molar-refractivity contribution in [2.24, 2.45) is 0 Å². The predicted octanol–water partition coefficient (Wildman–Crippen LogP) is 6.73. The summed E-state index contributed by atoms with van der Waals surface area (Å²) in [4.78, 5) is 0. The molecule has 0 heterocycles. The number of aliphatic hydroxyl groups is 1. The second-order valence-corrected chi connectivity index (χ2v) is 5.69. The average Bonchev–Trinajstić information content (AvgIpc) is 2.57. The molecule has 0 unspecified atom stereocenters. The first-order valence-corrected chi connectivity index (χ1v) is 6.69. The Morgan fingerprint density at radius 2 is 0.606 bits per heavy atom. The van der Waals surface area contributed by atoms with Crippen molar-refractivity contribution in [3.63, 3.8) is 0 Å². The number of alkyl halides is 19. The van der Waals surface area contributed by atoms with Gasteiger partial charge < -0.3 is 5.11 Å². The van der Waals surface area contributed by atoms with Crippen molar-refractivity contribution in [1.29, 1.82) is 0 Å². The molecule has 1 N–H and O–H groups in total. The monoisotopic (exact) mass is 548 g/mol. The molecule has 0 radical (unpaired) electrons. The predicted molar refractivity (Wildman–Crippen MR) is 57.1 cm³/mol. The first-order valence-electron chi connectivity index (χ1n) is 6.69. The van der Waals surface area contributed by atoms with E-state index >= 15 is 0 Å². The molecule has 22 heteroatoms. The third-order valence-electron chi connectivity index (χ3n) is 3.46. The lowest BCUT2D eigenvalue weighted by Crippen LogP contribution is -2.74. The SMILES string of the molecule is OC(F)(F)C(F)(F)C(F)(F)C(F)(F)C(F)(F)C(F)(F)C(F)(F)C(F)(F)C(F)=C(F)C(F)(F)F. The second-order valence-electron chi connectivity index (χ2n) is 5.69. The fourth-order valence-electron chi connectivity index (χ4n) is 1.57. The highest BCUT2D eigenvalue weighted by Gasteiger charge is 2.95. The number of rotatable bonds is 8. The summed E-state index contributed by atoms with van der Waals surface area (Å²) >= 11 is 0. The Labute approximate surface area is 164 Å². The first kappa shape index (κ1) is 31.2. The van der Waals surface area contributed by atoms with Crippen molar-refractivity contribution in [3.05, 3.63) is 11.7 Å². The summed E-state index contributed by atoms with van der Waals surface area (Å²) in [6.45, 7) is 0. The Morgan fingerprint density at radius 3 is 0.848 bits per heavy atom. The van der Waals surface area contributed by atoms with E-state index in [0.717, 1.165) is 0 Å². The quantitative estimate of drug-likeness (QED) is 0.334. The minimum Gasteiger partial charge on any atom is -0.331 e. The van der Waals surface area contributed by atoms with E-state index < -0.39 is 65.4 Å². The average molecular weight is 548 g/mol. The number of allylic oxidation sites excluding steroid dienone is 2. The van der Waals surface area contributed by atoms with Crippen LogP contribution in [0.25, 0.3) is 0 Å². The number of hydrogen-bond acceptors (Lipinski definition) is 1. The van der Waals surface area contributed by atoms with Gasteiger partial charge in [-0.1, -0.05) is 0 Å². The van der Waals surface area contributed by atoms with Crippen molar-refractivity contribution in [1.82, 2.24) is 0 Å². The molecule has 0 fully saturated rings. The van der Waals surface area contributed by atoms with Crippen LogP contribution in [0.1, 0.15) is 0 Å². The van der Waals surface area contributed by atoms with Gasteiger partial charge in [-0.3, -0.25) is 0 Å². The molecule has 0 aliphatic heterocycles. The van der Waals surface area contributed by atoms with Gasteiger partial charge in [0.15, 0.2) is 0 Å². The van der Waals surface area contributed by atoms with Crippen LogP contribution in [0.2, 0.25) is 0 Å². The van der Waals surface area contributed by atoms with Crippen molar-refractivity contribution in [3.8, 4) is 0 Å². The topological polar surface area (TPSA) is 20.2 Å². The standard InChI is InChI=1S/C11HF21O/c12-1(2(13)4(16,17)18)3(14,15)5(19,20)6(21,22)7(23,24)8(25,26)9(27,28)10(29,30)11(31,32)33/h33H. The lowest BCUT2D eigenvalue weighted by Gasteiger charge is -2.42. The summed E-state index contributed by atoms with van der Waals surface area (Å²) < 4.78 is 267. The van der Waals surface area contributed by atoms with Gasteiger partial charge in [0.1, 0.15) is 0 Å². The van der Waals surface area contributed by atoms with Gasteiger partial charge in [0.25, 0.3) is 0 Å². The summed E-state index contributed by atoms with van der Waals surface area (Å²) in [5, 5.41) is 7.41. The second kappa shape index (κ2) is 7.62. The van der Waals surface area contributed by atoms with E-state index in [2.05, 4.69) is 0 Å². The van der Waals surface area contributed by atoms with Crippen LogP contribution in [0.15, 0.2) is 11.7 Å². The van der Waals surface area contributed by atoms with Crippen LogP contribution in [-0.2, 0) is 0 Å². The van der Waals surface area contributed by atoms with Crippen LogP contribution >= 0.6 is 0 Å². The molecule has 0 aromatic carbocycles. The molecule has 0 aliphatic carbocycles. The number of halogens is 21. The Hall–Kier alpha value is -1.77. The molecule has 0 atom stereocenters. The minimum absolute atomic E-state index is 5.03. The van der Waals surface area contributed by atoms with Gasteiger partial charge >= 0.3 is 53.7 Å². The van der Waals surface area contributed by atoms with Gasteiger partial charge in [-0.25, -0.2) is 4.39 Å². The summed E-state index contributed by atoms with van der Waals surface area (Å²) in [5.41, 5.74) is 0. The zero-order valence-corrected chi connectivity index (χ0v) is 13.9. The minimum atomic E-state index is -9.07. The Balaban J connectivity index is 7.03. The molecule has 0 spiro atoms. The number of hydrogen-bond donors (Lipinski definition) is 1. The molecule has 0 aromatic rings. The maximum Gasteiger partial charge on any atom is 0.445 e. The Morgan fingerprint density at radius 1 is 0.364 bits per heavy atom. The smallest absolute Gasteiger partial charge is 0.331 e. The third-order valence-corrected chi connectivity index (χ3v) is 3.46. The van der Waals surface area contributed by atoms with E-state index in [9.17, 15) is 92.2 Å². The van der Waals surface area contributed by atoms with Crippen molar-refractivity contribution < 1.29 is 97.3 Å². The van der Waals surface area contributed by atoms with E-state index in [1.165, 1.54) is 0 Å². The van der Waals surface area contributed by atoms with Gasteiger partial charge in [-0.2, -0.15) is 87.8 Å². The summed E-state index contributed by atoms with van der Waals surface area (Å²) in [6.07, 6.45) is -14.6. The van der Waals surface area contributed by atoms with Crippen LogP contribution in [-0.4, -0.2) is 58.8 Å². The molecular formula is C11HF21O. The van der Waals surface area contributed by atoms with Crippen molar-refractivity contribution >= 4 is 0 Å². The van der Waals surface area contributed by atoms with Gasteiger partial charge in [0, 0.05) is 0 Å². The lowest BCUT2D eigenvalue weighted by molar-refractivity contribution is -0.468. The van der Waals surface area contributed by atoms with Crippen LogP contribution < -0.4 is 0 Å². The highest BCUT2D eigenvalue weighted by Crippen LogP contribution is 2.64. The van der Waals surface area contributed by atoms with E-state index in [0.29, 0.717) is 0 Å². The maximum absolute atomic E-state index is 13.2. The molecule has 0 aliphatic rings. The molecule has 0 bridgehead atoms. The van der Waals surface area contributed by atoms with Gasteiger partial charge in [0.05, 0.1) is 0 Å². The van der Waals surface area contributed by atoms with Crippen molar-refractivity contribution in [2.75, 3.05) is 0 Å². The maximum atomic E-state index is 13.2. The molecule has 198 valence electrons. The first-order chi connectivity index (χ1) is 13.8. The fraction of sp³-hybridized carbons (Fsp3) is 0.818. The molecule has 0 saturated heterocycles. The molecule has 1 nitrogen and oxygen atoms in total.